The zero-order valence-electron chi connectivity index (χ0n) is 9.53. The molecule has 1 aromatic carbocycles. The van der Waals surface area contributed by atoms with Crippen LogP contribution in [-0.4, -0.2) is 23.4 Å². The third-order valence-electron chi connectivity index (χ3n) is 3.11. The summed E-state index contributed by atoms with van der Waals surface area (Å²) in [5.41, 5.74) is 3.46. The Balaban J connectivity index is 2.02. The number of nitrogens with two attached hydrogens (primary N) is 1. The van der Waals surface area contributed by atoms with Crippen molar-refractivity contribution in [3.8, 4) is 0 Å². The average Bonchev–Trinajstić information content (AvgIpc) is 2.79. The molecule has 92 valence electrons. The number of rotatable bonds is 3. The molecule has 1 heterocycles. The van der Waals surface area contributed by atoms with Gasteiger partial charge in [0.2, 0.25) is 0 Å². The summed E-state index contributed by atoms with van der Waals surface area (Å²) in [5, 5.41) is 0. The van der Waals surface area contributed by atoms with Gasteiger partial charge in [-0.3, -0.25) is 15.1 Å². The number of hydrazine groups is 1. The summed E-state index contributed by atoms with van der Waals surface area (Å²) < 4.78 is 1.07. The number of halogens is 1. The van der Waals surface area contributed by atoms with Gasteiger partial charge in [-0.25, -0.2) is 5.84 Å². The summed E-state index contributed by atoms with van der Waals surface area (Å²) in [6.45, 7) is 1.75. The first-order valence-electron chi connectivity index (χ1n) is 5.69. The topological polar surface area (TPSA) is 58.4 Å². The van der Waals surface area contributed by atoms with Gasteiger partial charge in [0.25, 0.3) is 5.91 Å². The standard InChI is InChI=1S/C12H16BrN3O/c13-10-5-3-9(4-6-10)8-16-7-1-2-11(16)12(17)15-14/h3-6,11H,1-2,7-8,14H2,(H,15,17). The van der Waals surface area contributed by atoms with Gasteiger partial charge >= 0.3 is 0 Å². The van der Waals surface area contributed by atoms with Crippen molar-refractivity contribution in [2.75, 3.05) is 6.54 Å². The number of benzene rings is 1. The number of amides is 1. The highest BCUT2D eigenvalue weighted by molar-refractivity contribution is 9.10. The van der Waals surface area contributed by atoms with E-state index in [1.807, 2.05) is 12.1 Å². The van der Waals surface area contributed by atoms with Crippen LogP contribution >= 0.6 is 15.9 Å². The lowest BCUT2D eigenvalue weighted by molar-refractivity contribution is -0.125. The van der Waals surface area contributed by atoms with E-state index in [1.165, 1.54) is 5.56 Å². The SMILES string of the molecule is NNC(=O)C1CCCN1Cc1ccc(Br)cc1. The van der Waals surface area contributed by atoms with E-state index in [-0.39, 0.29) is 11.9 Å². The Morgan fingerprint density at radius 2 is 2.18 bits per heavy atom. The highest BCUT2D eigenvalue weighted by Gasteiger charge is 2.29. The quantitative estimate of drug-likeness (QED) is 0.504. The number of carbonyl (C=O) groups is 1. The molecular weight excluding hydrogens is 282 g/mol. The van der Waals surface area contributed by atoms with E-state index in [1.54, 1.807) is 0 Å². The highest BCUT2D eigenvalue weighted by Crippen LogP contribution is 2.20. The second-order valence-corrected chi connectivity index (χ2v) is 5.18. The molecule has 0 radical (unpaired) electrons. The number of likely N-dealkylation sites (tertiary alicyclic amines) is 1. The summed E-state index contributed by atoms with van der Waals surface area (Å²) >= 11 is 3.41. The van der Waals surface area contributed by atoms with E-state index in [4.69, 9.17) is 5.84 Å². The van der Waals surface area contributed by atoms with Crippen molar-refractivity contribution in [2.24, 2.45) is 5.84 Å². The number of hydrogen-bond acceptors (Lipinski definition) is 3. The van der Waals surface area contributed by atoms with Crippen LogP contribution in [0.2, 0.25) is 0 Å². The fourth-order valence-electron chi connectivity index (χ4n) is 2.23. The third-order valence-corrected chi connectivity index (χ3v) is 3.64. The van der Waals surface area contributed by atoms with Gasteiger partial charge in [-0.2, -0.15) is 0 Å². The Labute approximate surface area is 109 Å². The van der Waals surface area contributed by atoms with E-state index < -0.39 is 0 Å². The van der Waals surface area contributed by atoms with Crippen molar-refractivity contribution in [3.63, 3.8) is 0 Å². The van der Waals surface area contributed by atoms with Gasteiger partial charge in [-0.1, -0.05) is 28.1 Å². The number of hydrogen-bond donors (Lipinski definition) is 2. The summed E-state index contributed by atoms with van der Waals surface area (Å²) in [4.78, 5) is 13.8. The maximum absolute atomic E-state index is 11.6. The van der Waals surface area contributed by atoms with E-state index in [0.29, 0.717) is 0 Å². The minimum absolute atomic E-state index is 0.0800. The second kappa shape index (κ2) is 5.62. The Kier molecular flexibility index (Phi) is 4.15. The number of nitrogens with zero attached hydrogens (tertiary/aromatic N) is 1. The normalized spacial score (nSPS) is 20.5. The minimum Gasteiger partial charge on any atom is -0.293 e. The smallest absolute Gasteiger partial charge is 0.251 e. The number of nitrogens with one attached hydrogen (secondary N) is 1. The van der Waals surface area contributed by atoms with Crippen molar-refractivity contribution < 1.29 is 4.79 Å². The zero-order valence-corrected chi connectivity index (χ0v) is 11.1. The predicted molar refractivity (Wildman–Crippen MR) is 69.9 cm³/mol. The van der Waals surface area contributed by atoms with Crippen LogP contribution in [0.15, 0.2) is 28.7 Å². The van der Waals surface area contributed by atoms with Gasteiger partial charge in [-0.05, 0) is 37.1 Å². The second-order valence-electron chi connectivity index (χ2n) is 4.26. The molecule has 0 spiro atoms. The molecule has 1 unspecified atom stereocenters. The zero-order chi connectivity index (χ0) is 12.3. The molecule has 4 nitrogen and oxygen atoms in total. The van der Waals surface area contributed by atoms with Crippen LogP contribution in [0.5, 0.6) is 0 Å². The molecule has 1 aromatic rings. The van der Waals surface area contributed by atoms with Crippen molar-refractivity contribution in [3.05, 3.63) is 34.3 Å². The van der Waals surface area contributed by atoms with Crippen LogP contribution in [0.25, 0.3) is 0 Å². The first-order valence-corrected chi connectivity index (χ1v) is 6.49. The van der Waals surface area contributed by atoms with E-state index in [2.05, 4.69) is 38.4 Å². The van der Waals surface area contributed by atoms with E-state index >= 15 is 0 Å². The maximum Gasteiger partial charge on any atom is 0.251 e. The Morgan fingerprint density at radius 3 is 2.82 bits per heavy atom. The molecule has 1 atom stereocenters. The molecule has 1 aliphatic rings. The molecule has 0 aromatic heterocycles. The van der Waals surface area contributed by atoms with Crippen LogP contribution in [0.3, 0.4) is 0 Å². The lowest BCUT2D eigenvalue weighted by Gasteiger charge is -2.22. The van der Waals surface area contributed by atoms with Crippen molar-refractivity contribution >= 4 is 21.8 Å². The Bertz CT molecular complexity index is 393. The molecule has 1 fully saturated rings. The molecule has 1 saturated heterocycles. The van der Waals surface area contributed by atoms with Crippen molar-refractivity contribution in [2.45, 2.75) is 25.4 Å². The number of carbonyl (C=O) groups excluding carboxylic acids is 1. The monoisotopic (exact) mass is 297 g/mol. The molecule has 3 N–H and O–H groups in total. The van der Waals surface area contributed by atoms with Crippen LogP contribution in [0.4, 0.5) is 0 Å². The fraction of sp³-hybridized carbons (Fsp3) is 0.417. The summed E-state index contributed by atoms with van der Waals surface area (Å²) in [7, 11) is 0. The van der Waals surface area contributed by atoms with Gasteiger partial charge in [0.15, 0.2) is 0 Å². The predicted octanol–water partition coefficient (Wildman–Crippen LogP) is 1.40. The van der Waals surface area contributed by atoms with Gasteiger partial charge in [-0.15, -0.1) is 0 Å². The first-order chi connectivity index (χ1) is 8.20. The molecule has 0 aliphatic carbocycles. The molecule has 0 saturated carbocycles. The largest absolute Gasteiger partial charge is 0.293 e. The summed E-state index contributed by atoms with van der Waals surface area (Å²) in [6, 6.07) is 8.09. The van der Waals surface area contributed by atoms with Gasteiger partial charge < -0.3 is 0 Å². The first kappa shape index (κ1) is 12.5. The van der Waals surface area contributed by atoms with Gasteiger partial charge in [0, 0.05) is 11.0 Å². The van der Waals surface area contributed by atoms with E-state index in [0.717, 1.165) is 30.4 Å². The van der Waals surface area contributed by atoms with Crippen molar-refractivity contribution in [1.82, 2.24) is 10.3 Å². The Morgan fingerprint density at radius 1 is 1.47 bits per heavy atom. The fourth-order valence-corrected chi connectivity index (χ4v) is 2.50. The molecule has 0 bridgehead atoms. The lowest BCUT2D eigenvalue weighted by atomic mass is 10.2. The van der Waals surface area contributed by atoms with Crippen LogP contribution in [0.1, 0.15) is 18.4 Å². The van der Waals surface area contributed by atoms with Gasteiger partial charge in [0.1, 0.15) is 0 Å². The maximum atomic E-state index is 11.6. The molecule has 1 amide bonds. The summed E-state index contributed by atoms with van der Waals surface area (Å²) in [6.07, 6.45) is 1.94. The lowest BCUT2D eigenvalue weighted by Crippen LogP contribution is -2.45. The molecule has 1 aliphatic heterocycles. The molecule has 17 heavy (non-hydrogen) atoms. The van der Waals surface area contributed by atoms with Gasteiger partial charge in [0.05, 0.1) is 6.04 Å². The minimum atomic E-state index is -0.0837. The summed E-state index contributed by atoms with van der Waals surface area (Å²) in [5.74, 6) is 5.11. The van der Waals surface area contributed by atoms with Crippen molar-refractivity contribution in [1.29, 1.82) is 0 Å². The van der Waals surface area contributed by atoms with E-state index in [9.17, 15) is 4.79 Å². The Hall–Kier alpha value is -0.910. The molecular formula is C12H16BrN3O. The highest BCUT2D eigenvalue weighted by atomic mass is 79.9. The molecule has 5 heteroatoms. The molecule has 2 rings (SSSR count). The van der Waals surface area contributed by atoms with Crippen LogP contribution in [0, 0.1) is 0 Å². The third kappa shape index (κ3) is 3.06. The van der Waals surface area contributed by atoms with Crippen LogP contribution < -0.4 is 11.3 Å². The van der Waals surface area contributed by atoms with Crippen LogP contribution in [-0.2, 0) is 11.3 Å². The average molecular weight is 298 g/mol.